The molecule has 1 rings (SSSR count). The van der Waals surface area contributed by atoms with E-state index in [0.717, 1.165) is 12.1 Å². The predicted molar refractivity (Wildman–Crippen MR) is 47.4 cm³/mol. The van der Waals surface area contributed by atoms with Gasteiger partial charge in [-0.25, -0.2) is 0 Å². The van der Waals surface area contributed by atoms with Gasteiger partial charge in [0.1, 0.15) is 0 Å². The first-order chi connectivity index (χ1) is 6.89. The number of nitrogens with zero attached hydrogens (tertiary/aromatic N) is 2. The second-order valence-electron chi connectivity index (χ2n) is 3.46. The van der Waals surface area contributed by atoms with E-state index in [9.17, 15) is 13.2 Å². The maximum Gasteiger partial charge on any atom is 0.435 e. The lowest BCUT2D eigenvalue weighted by atomic mass is 10.2. The van der Waals surface area contributed by atoms with Gasteiger partial charge in [0.25, 0.3) is 0 Å². The summed E-state index contributed by atoms with van der Waals surface area (Å²) in [4.78, 5) is 0. The number of alkyl halides is 3. The molecule has 0 saturated carbocycles. The number of rotatable bonds is 3. The van der Waals surface area contributed by atoms with E-state index in [2.05, 4.69) is 10.2 Å². The molecule has 0 fully saturated rings. The van der Waals surface area contributed by atoms with Crippen molar-refractivity contribution in [3.05, 3.63) is 17.8 Å². The van der Waals surface area contributed by atoms with Crippen molar-refractivity contribution in [3.8, 4) is 5.88 Å². The average Bonchev–Trinajstić information content (AvgIpc) is 2.14. The van der Waals surface area contributed by atoms with Crippen LogP contribution in [0.25, 0.3) is 0 Å². The van der Waals surface area contributed by atoms with E-state index in [4.69, 9.17) is 4.74 Å². The van der Waals surface area contributed by atoms with E-state index in [0.29, 0.717) is 6.61 Å². The van der Waals surface area contributed by atoms with Gasteiger partial charge >= 0.3 is 6.18 Å². The van der Waals surface area contributed by atoms with Crippen LogP contribution in [0.2, 0.25) is 0 Å². The molecule has 0 saturated heterocycles. The zero-order valence-corrected chi connectivity index (χ0v) is 8.38. The Morgan fingerprint density at radius 2 is 1.93 bits per heavy atom. The van der Waals surface area contributed by atoms with Crippen LogP contribution in [0.4, 0.5) is 13.2 Å². The molecule has 3 nitrogen and oxygen atoms in total. The van der Waals surface area contributed by atoms with Crippen molar-refractivity contribution in [3.63, 3.8) is 0 Å². The van der Waals surface area contributed by atoms with E-state index in [-0.39, 0.29) is 11.8 Å². The van der Waals surface area contributed by atoms with Crippen LogP contribution in [0.3, 0.4) is 0 Å². The van der Waals surface area contributed by atoms with Gasteiger partial charge < -0.3 is 4.74 Å². The minimum absolute atomic E-state index is 0.108. The van der Waals surface area contributed by atoms with Crippen molar-refractivity contribution in [2.45, 2.75) is 20.0 Å². The normalized spacial score (nSPS) is 11.9. The van der Waals surface area contributed by atoms with Gasteiger partial charge in [-0.2, -0.15) is 13.2 Å². The van der Waals surface area contributed by atoms with Gasteiger partial charge in [0, 0.05) is 6.07 Å². The summed E-state index contributed by atoms with van der Waals surface area (Å²) >= 11 is 0. The highest BCUT2D eigenvalue weighted by Gasteiger charge is 2.32. The second kappa shape index (κ2) is 4.46. The first-order valence-electron chi connectivity index (χ1n) is 4.43. The van der Waals surface area contributed by atoms with Gasteiger partial charge in [0.05, 0.1) is 6.61 Å². The summed E-state index contributed by atoms with van der Waals surface area (Å²) in [6.45, 7) is 4.26. The van der Waals surface area contributed by atoms with Gasteiger partial charge in [-0.1, -0.05) is 13.8 Å². The molecular weight excluding hydrogens is 209 g/mol. The van der Waals surface area contributed by atoms with E-state index in [1.54, 1.807) is 0 Å². The number of hydrogen-bond donors (Lipinski definition) is 0. The monoisotopic (exact) mass is 220 g/mol. The molecule has 0 radical (unpaired) electrons. The molecule has 6 heteroatoms. The lowest BCUT2D eigenvalue weighted by Crippen LogP contribution is -2.11. The molecule has 0 spiro atoms. The Labute approximate surface area is 85.3 Å². The highest BCUT2D eigenvalue weighted by molar-refractivity contribution is 5.13. The fraction of sp³-hybridized carbons (Fsp3) is 0.556. The maximum absolute atomic E-state index is 12.1. The quantitative estimate of drug-likeness (QED) is 0.785. The van der Waals surface area contributed by atoms with Crippen LogP contribution in [0.5, 0.6) is 5.88 Å². The first kappa shape index (κ1) is 11.7. The van der Waals surface area contributed by atoms with Crippen molar-refractivity contribution in [2.24, 2.45) is 5.92 Å². The number of aromatic nitrogens is 2. The van der Waals surface area contributed by atoms with Crippen LogP contribution >= 0.6 is 0 Å². The fourth-order valence-corrected chi connectivity index (χ4v) is 0.800. The van der Waals surface area contributed by atoms with Crippen LogP contribution in [0, 0.1) is 5.92 Å². The van der Waals surface area contributed by atoms with Crippen LogP contribution < -0.4 is 4.74 Å². The Hall–Kier alpha value is -1.33. The smallest absolute Gasteiger partial charge is 0.435 e. The topological polar surface area (TPSA) is 35.0 Å². The summed E-state index contributed by atoms with van der Waals surface area (Å²) in [5.41, 5.74) is -1.01. The summed E-state index contributed by atoms with van der Waals surface area (Å²) in [6, 6.07) is 2.01. The number of hydrogen-bond acceptors (Lipinski definition) is 3. The summed E-state index contributed by atoms with van der Waals surface area (Å²) in [5, 5.41) is 6.35. The zero-order valence-electron chi connectivity index (χ0n) is 8.38. The molecule has 0 amide bonds. The van der Waals surface area contributed by atoms with Crippen molar-refractivity contribution in [1.29, 1.82) is 0 Å². The number of halogens is 3. The SMILES string of the molecule is CC(C)COc1ccc(C(F)(F)F)nn1. The van der Waals surface area contributed by atoms with Crippen molar-refractivity contribution in [1.82, 2.24) is 10.2 Å². The highest BCUT2D eigenvalue weighted by atomic mass is 19.4. The lowest BCUT2D eigenvalue weighted by molar-refractivity contribution is -0.141. The molecule has 0 aliphatic heterocycles. The van der Waals surface area contributed by atoms with Gasteiger partial charge in [-0.05, 0) is 12.0 Å². The molecule has 1 aromatic heterocycles. The van der Waals surface area contributed by atoms with Gasteiger partial charge in [-0.3, -0.25) is 0 Å². The predicted octanol–water partition coefficient (Wildman–Crippen LogP) is 2.53. The first-order valence-corrected chi connectivity index (χ1v) is 4.43. The minimum atomic E-state index is -4.45. The Kier molecular flexibility index (Phi) is 3.49. The third-order valence-electron chi connectivity index (χ3n) is 1.50. The average molecular weight is 220 g/mol. The summed E-state index contributed by atoms with van der Waals surface area (Å²) in [7, 11) is 0. The molecule has 0 N–H and O–H groups in total. The third-order valence-corrected chi connectivity index (χ3v) is 1.50. The standard InChI is InChI=1S/C9H11F3N2O/c1-6(2)5-15-8-4-3-7(13-14-8)9(10,11)12/h3-4,6H,5H2,1-2H3. The molecule has 0 bridgehead atoms. The molecule has 1 aromatic rings. The second-order valence-corrected chi connectivity index (χ2v) is 3.46. The molecule has 1 heterocycles. The summed E-state index contributed by atoms with van der Waals surface area (Å²) < 4.78 is 41.4. The van der Waals surface area contributed by atoms with Crippen LogP contribution in [-0.4, -0.2) is 16.8 Å². The van der Waals surface area contributed by atoms with E-state index in [1.165, 1.54) is 0 Å². The molecule has 0 aromatic carbocycles. The molecule has 0 aliphatic carbocycles. The third kappa shape index (κ3) is 3.73. The summed E-state index contributed by atoms with van der Waals surface area (Å²) in [5.74, 6) is 0.394. The molecular formula is C9H11F3N2O. The largest absolute Gasteiger partial charge is 0.476 e. The van der Waals surface area contributed by atoms with Crippen molar-refractivity contribution in [2.75, 3.05) is 6.61 Å². The Morgan fingerprint density at radius 1 is 1.27 bits per heavy atom. The zero-order chi connectivity index (χ0) is 11.5. The summed E-state index contributed by atoms with van der Waals surface area (Å²) in [6.07, 6.45) is -4.45. The molecule has 15 heavy (non-hydrogen) atoms. The van der Waals surface area contributed by atoms with Gasteiger partial charge in [0.15, 0.2) is 5.69 Å². The Morgan fingerprint density at radius 3 is 2.33 bits per heavy atom. The van der Waals surface area contributed by atoms with E-state index in [1.807, 2.05) is 13.8 Å². The molecule has 0 atom stereocenters. The van der Waals surface area contributed by atoms with Crippen LogP contribution in [0.15, 0.2) is 12.1 Å². The van der Waals surface area contributed by atoms with Crippen molar-refractivity contribution >= 4 is 0 Å². The van der Waals surface area contributed by atoms with E-state index < -0.39 is 11.9 Å². The van der Waals surface area contributed by atoms with Crippen LogP contribution in [-0.2, 0) is 6.18 Å². The molecule has 0 unspecified atom stereocenters. The number of ether oxygens (including phenoxy) is 1. The maximum atomic E-state index is 12.1. The Bertz CT molecular complexity index is 308. The fourth-order valence-electron chi connectivity index (χ4n) is 0.800. The van der Waals surface area contributed by atoms with Crippen molar-refractivity contribution < 1.29 is 17.9 Å². The van der Waals surface area contributed by atoms with Crippen LogP contribution in [0.1, 0.15) is 19.5 Å². The molecule has 0 aliphatic rings. The van der Waals surface area contributed by atoms with Gasteiger partial charge in [-0.15, -0.1) is 10.2 Å². The highest BCUT2D eigenvalue weighted by Crippen LogP contribution is 2.27. The Balaban J connectivity index is 2.65. The minimum Gasteiger partial charge on any atom is -0.476 e. The lowest BCUT2D eigenvalue weighted by Gasteiger charge is -2.08. The molecule has 84 valence electrons. The van der Waals surface area contributed by atoms with E-state index >= 15 is 0 Å². The van der Waals surface area contributed by atoms with Gasteiger partial charge in [0.2, 0.25) is 5.88 Å².